The number of nitrogens with one attached hydrogen (secondary N) is 2. The van der Waals surface area contributed by atoms with Gasteiger partial charge in [0.05, 0.1) is 18.8 Å². The Labute approximate surface area is 208 Å². The number of ketones is 1. The maximum absolute atomic E-state index is 13.4. The van der Waals surface area contributed by atoms with Gasteiger partial charge in [-0.15, -0.1) is 0 Å². The number of hydrogen-bond donors (Lipinski definition) is 2. The molecule has 1 aromatic carbocycles. The number of Topliss-reactive ketones (excluding diaryl/α,β-unsaturated/α-hetero) is 1. The number of rotatable bonds is 5. The van der Waals surface area contributed by atoms with Gasteiger partial charge in [0.1, 0.15) is 5.82 Å². The number of H-pyrrole nitrogens is 1. The number of hydrogen-bond acceptors (Lipinski definition) is 7. The van der Waals surface area contributed by atoms with Gasteiger partial charge in [0.2, 0.25) is 0 Å². The van der Waals surface area contributed by atoms with E-state index in [9.17, 15) is 9.59 Å². The number of carbonyl (C=O) groups excluding carboxylic acids is 1. The van der Waals surface area contributed by atoms with Crippen molar-refractivity contribution in [2.45, 2.75) is 37.8 Å². The Morgan fingerprint density at radius 2 is 1.91 bits per heavy atom. The van der Waals surface area contributed by atoms with Crippen LogP contribution in [0.25, 0.3) is 0 Å². The van der Waals surface area contributed by atoms with Crippen LogP contribution in [0.1, 0.15) is 43.7 Å². The Bertz CT molecular complexity index is 1190. The van der Waals surface area contributed by atoms with Crippen molar-refractivity contribution >= 4 is 35.0 Å². The second kappa shape index (κ2) is 9.49. The summed E-state index contributed by atoms with van der Waals surface area (Å²) in [6, 6.07) is 7.38. The zero-order valence-corrected chi connectivity index (χ0v) is 21.0. The van der Waals surface area contributed by atoms with E-state index in [2.05, 4.69) is 29.0 Å². The van der Waals surface area contributed by atoms with E-state index in [1.54, 1.807) is 23.9 Å². The van der Waals surface area contributed by atoms with Gasteiger partial charge in [-0.05, 0) is 29.5 Å². The number of anilines is 1. The van der Waals surface area contributed by atoms with Crippen LogP contribution in [0, 0.1) is 5.41 Å². The van der Waals surface area contributed by atoms with Crippen LogP contribution in [-0.2, 0) is 9.53 Å². The quantitative estimate of drug-likeness (QED) is 0.473. The van der Waals surface area contributed by atoms with E-state index < -0.39 is 5.92 Å². The Kier molecular flexibility index (Phi) is 6.59. The zero-order chi connectivity index (χ0) is 23.9. The number of fused-ring (bicyclic) bond motifs is 1. The molecule has 1 saturated heterocycles. The molecule has 2 N–H and O–H groups in total. The summed E-state index contributed by atoms with van der Waals surface area (Å²) in [5.74, 6) is 0.979. The third kappa shape index (κ3) is 4.82. The molecule has 0 saturated carbocycles. The van der Waals surface area contributed by atoms with E-state index in [4.69, 9.17) is 21.3 Å². The first-order valence-electron chi connectivity index (χ1n) is 11.7. The molecule has 0 spiro atoms. The lowest BCUT2D eigenvalue weighted by Crippen LogP contribution is -2.37. The van der Waals surface area contributed by atoms with Crippen molar-refractivity contribution in [1.29, 1.82) is 0 Å². The van der Waals surface area contributed by atoms with Crippen molar-refractivity contribution in [3.05, 3.63) is 62.0 Å². The molecule has 5 rings (SSSR count). The normalized spacial score (nSPS) is 22.2. The Morgan fingerprint density at radius 3 is 2.65 bits per heavy atom. The fourth-order valence-electron chi connectivity index (χ4n) is 5.05. The third-order valence-electron chi connectivity index (χ3n) is 6.65. The fraction of sp³-hybridized carbons (Fsp3) is 0.480. The molecule has 2 aliphatic heterocycles. The van der Waals surface area contributed by atoms with Crippen molar-refractivity contribution in [3.63, 3.8) is 0 Å². The first-order chi connectivity index (χ1) is 16.3. The van der Waals surface area contributed by atoms with Gasteiger partial charge in [-0.1, -0.05) is 49.3 Å². The zero-order valence-electron chi connectivity index (χ0n) is 19.4. The molecular weight excluding hydrogens is 472 g/mol. The molecule has 1 aliphatic carbocycles. The molecule has 1 aromatic heterocycles. The van der Waals surface area contributed by atoms with Crippen LogP contribution >= 0.6 is 23.4 Å². The maximum Gasteiger partial charge on any atom is 0.257 e. The van der Waals surface area contributed by atoms with Gasteiger partial charge in [-0.2, -0.15) is 0 Å². The number of aromatic amines is 1. The van der Waals surface area contributed by atoms with Gasteiger partial charge in [-0.3, -0.25) is 14.5 Å². The summed E-state index contributed by atoms with van der Waals surface area (Å²) in [6.45, 7) is 8.50. The molecule has 9 heteroatoms. The first-order valence-corrected chi connectivity index (χ1v) is 13.0. The van der Waals surface area contributed by atoms with E-state index in [0.29, 0.717) is 33.6 Å². The van der Waals surface area contributed by atoms with Gasteiger partial charge in [0, 0.05) is 54.0 Å². The monoisotopic (exact) mass is 500 g/mol. The number of thioether (sulfide) groups is 1. The second-order valence-corrected chi connectivity index (χ2v) is 11.4. The average molecular weight is 501 g/mol. The second-order valence-electron chi connectivity index (χ2n) is 9.88. The van der Waals surface area contributed by atoms with Crippen LogP contribution in [-0.4, -0.2) is 59.3 Å². The largest absolute Gasteiger partial charge is 0.379 e. The summed E-state index contributed by atoms with van der Waals surface area (Å²) >= 11 is 7.67. The number of carbonyl (C=O) groups is 1. The molecule has 0 radical (unpaired) electrons. The highest BCUT2D eigenvalue weighted by Crippen LogP contribution is 2.47. The van der Waals surface area contributed by atoms with Gasteiger partial charge in [0.25, 0.3) is 5.56 Å². The van der Waals surface area contributed by atoms with Crippen LogP contribution in [0.3, 0.4) is 0 Å². The highest BCUT2D eigenvalue weighted by molar-refractivity contribution is 7.99. The van der Waals surface area contributed by atoms with E-state index in [0.717, 1.165) is 56.3 Å². The number of allylic oxidation sites excluding steroid dienone is 2. The molecule has 2 aromatic rings. The molecular formula is C25H29ClN4O3S. The molecule has 0 amide bonds. The van der Waals surface area contributed by atoms with Crippen LogP contribution in [0.4, 0.5) is 5.82 Å². The topological polar surface area (TPSA) is 87.3 Å². The number of ether oxygens (including phenoxy) is 1. The lowest BCUT2D eigenvalue weighted by atomic mass is 9.69. The molecule has 1 atom stereocenters. The van der Waals surface area contributed by atoms with Crippen LogP contribution < -0.4 is 10.9 Å². The van der Waals surface area contributed by atoms with E-state index >= 15 is 0 Å². The standard InChI is InChI=1S/C25H29ClN4O3S/c1-25(2)13-17-20(18(31)14-25)19(15-3-5-16(26)6-4-15)21-22(27-17)28-24(29-23(21)32)34-12-9-30-7-10-33-11-8-30/h3-6,19H,7-14H2,1-2H3,(H2,27,28,29,32)/t19-/m0/s1. The molecule has 0 bridgehead atoms. The third-order valence-corrected chi connectivity index (χ3v) is 7.76. The van der Waals surface area contributed by atoms with Crippen LogP contribution in [0.2, 0.25) is 5.02 Å². The number of nitrogens with zero attached hydrogens (tertiary/aromatic N) is 2. The number of halogens is 1. The molecule has 0 unspecified atom stereocenters. The van der Waals surface area contributed by atoms with Crippen LogP contribution in [0.15, 0.2) is 45.5 Å². The predicted molar refractivity (Wildman–Crippen MR) is 135 cm³/mol. The van der Waals surface area contributed by atoms with Crippen molar-refractivity contribution in [2.75, 3.05) is 43.9 Å². The summed E-state index contributed by atoms with van der Waals surface area (Å²) in [5.41, 5.74) is 2.54. The molecule has 180 valence electrons. The smallest absolute Gasteiger partial charge is 0.257 e. The van der Waals surface area contributed by atoms with E-state index in [1.807, 2.05) is 12.1 Å². The van der Waals surface area contributed by atoms with Gasteiger partial charge >= 0.3 is 0 Å². The van der Waals surface area contributed by atoms with Crippen molar-refractivity contribution in [1.82, 2.24) is 14.9 Å². The van der Waals surface area contributed by atoms with Crippen molar-refractivity contribution in [2.24, 2.45) is 5.41 Å². The van der Waals surface area contributed by atoms with E-state index in [-0.39, 0.29) is 16.8 Å². The summed E-state index contributed by atoms with van der Waals surface area (Å²) in [4.78, 5) is 36.8. The predicted octanol–water partition coefficient (Wildman–Crippen LogP) is 4.05. The Balaban J connectivity index is 1.49. The number of morpholine rings is 1. The van der Waals surface area contributed by atoms with Crippen molar-refractivity contribution < 1.29 is 9.53 Å². The lowest BCUT2D eigenvalue weighted by molar-refractivity contribution is -0.118. The fourth-order valence-corrected chi connectivity index (χ4v) is 6.04. The number of benzene rings is 1. The minimum atomic E-state index is -0.462. The summed E-state index contributed by atoms with van der Waals surface area (Å²) in [6.07, 6.45) is 1.18. The van der Waals surface area contributed by atoms with E-state index in [1.165, 1.54) is 0 Å². The molecule has 3 heterocycles. The first kappa shape index (κ1) is 23.6. The molecule has 7 nitrogen and oxygen atoms in total. The minimum absolute atomic E-state index is 0.0766. The molecule has 3 aliphatic rings. The van der Waals surface area contributed by atoms with Gasteiger partial charge in [-0.25, -0.2) is 4.98 Å². The highest BCUT2D eigenvalue weighted by atomic mass is 35.5. The Morgan fingerprint density at radius 1 is 1.18 bits per heavy atom. The van der Waals surface area contributed by atoms with Crippen LogP contribution in [0.5, 0.6) is 0 Å². The minimum Gasteiger partial charge on any atom is -0.379 e. The van der Waals surface area contributed by atoms with Gasteiger partial charge in [0.15, 0.2) is 10.9 Å². The maximum atomic E-state index is 13.4. The number of aromatic nitrogens is 2. The summed E-state index contributed by atoms with van der Waals surface area (Å²) < 4.78 is 5.41. The van der Waals surface area contributed by atoms with Crippen molar-refractivity contribution in [3.8, 4) is 0 Å². The summed E-state index contributed by atoms with van der Waals surface area (Å²) in [5, 5.41) is 4.58. The summed E-state index contributed by atoms with van der Waals surface area (Å²) in [7, 11) is 0. The Hall–Kier alpha value is -2.13. The SMILES string of the molecule is CC1(C)CC(=O)C2=C(C1)Nc1nc(SCCN3CCOCC3)[nH]c(=O)c1[C@H]2c1ccc(Cl)cc1. The van der Waals surface area contributed by atoms with Gasteiger partial charge < -0.3 is 15.0 Å². The molecule has 1 fully saturated rings. The highest BCUT2D eigenvalue weighted by Gasteiger charge is 2.42. The molecule has 34 heavy (non-hydrogen) atoms. The lowest BCUT2D eigenvalue weighted by Gasteiger charge is -2.38. The average Bonchev–Trinajstić information content (AvgIpc) is 2.78.